The fraction of sp³-hybridized carbons (Fsp3) is 0.677. The van der Waals surface area contributed by atoms with Crippen molar-refractivity contribution < 1.29 is 24.2 Å². The number of nitrogens with zero attached hydrogens (tertiary/aromatic N) is 5. The summed E-state index contributed by atoms with van der Waals surface area (Å²) in [5.74, 6) is 0.854. The number of hydrogen-bond acceptors (Lipinski definition) is 8. The van der Waals surface area contributed by atoms with E-state index in [1.165, 1.54) is 17.7 Å². The van der Waals surface area contributed by atoms with Crippen molar-refractivity contribution in [2.75, 3.05) is 25.0 Å². The van der Waals surface area contributed by atoms with E-state index in [0.29, 0.717) is 61.4 Å². The Labute approximate surface area is 269 Å². The average molecular weight is 647 g/mol. The summed E-state index contributed by atoms with van der Waals surface area (Å²) in [6.07, 6.45) is 10.3. The maximum Gasteiger partial charge on any atom is 0.408 e. The molecule has 0 aromatic carbocycles. The Morgan fingerprint density at radius 3 is 2.38 bits per heavy atom. The lowest BCUT2D eigenvalue weighted by molar-refractivity contribution is -0.122. The highest BCUT2D eigenvalue weighted by Gasteiger charge is 2.31. The van der Waals surface area contributed by atoms with Gasteiger partial charge < -0.3 is 25.8 Å². The number of aromatic nitrogens is 4. The van der Waals surface area contributed by atoms with Crippen LogP contribution in [0.2, 0.25) is 5.02 Å². The summed E-state index contributed by atoms with van der Waals surface area (Å²) < 4.78 is 7.09. The Morgan fingerprint density at radius 2 is 1.73 bits per heavy atom. The number of ether oxygens (including phenoxy) is 1. The van der Waals surface area contributed by atoms with Crippen molar-refractivity contribution in [2.24, 2.45) is 13.0 Å². The number of carbonyl (C=O) groups excluding carboxylic acids is 2. The van der Waals surface area contributed by atoms with Gasteiger partial charge in [-0.1, -0.05) is 11.6 Å². The van der Waals surface area contributed by atoms with E-state index in [4.69, 9.17) is 21.3 Å². The fourth-order valence-electron chi connectivity index (χ4n) is 5.56. The number of aryl methyl sites for hydroxylation is 1. The van der Waals surface area contributed by atoms with Crippen LogP contribution in [0.15, 0.2) is 12.4 Å². The minimum atomic E-state index is -1.10. The highest BCUT2D eigenvalue weighted by atomic mass is 35.5. The zero-order chi connectivity index (χ0) is 32.6. The summed E-state index contributed by atoms with van der Waals surface area (Å²) in [4.78, 5) is 46.7. The highest BCUT2D eigenvalue weighted by molar-refractivity contribution is 6.33. The molecule has 2 fully saturated rings. The van der Waals surface area contributed by atoms with E-state index in [1.807, 2.05) is 38.7 Å². The molecule has 4 N–H and O–H groups in total. The molecule has 0 unspecified atom stereocenters. The van der Waals surface area contributed by atoms with E-state index in [0.717, 1.165) is 36.9 Å². The maximum absolute atomic E-state index is 12.5. The van der Waals surface area contributed by atoms with Crippen LogP contribution in [0, 0.1) is 5.92 Å². The number of nitrogens with one attached hydrogen (secondary N) is 3. The maximum atomic E-state index is 12.5. The molecule has 0 spiro atoms. The van der Waals surface area contributed by atoms with Crippen molar-refractivity contribution in [1.82, 2.24) is 35.3 Å². The first-order valence-electron chi connectivity index (χ1n) is 15.9. The topological polar surface area (TPSA) is 164 Å². The lowest BCUT2D eigenvalue weighted by atomic mass is 9.90. The Balaban J connectivity index is 1.19. The number of halogens is 1. The predicted molar refractivity (Wildman–Crippen MR) is 171 cm³/mol. The van der Waals surface area contributed by atoms with Gasteiger partial charge in [-0.25, -0.2) is 19.6 Å². The third kappa shape index (κ3) is 10.8. The Hall–Kier alpha value is -3.61. The second kappa shape index (κ2) is 15.6. The molecular weight excluding hydrogens is 600 g/mol. The lowest BCUT2D eigenvalue weighted by Crippen LogP contribution is -2.48. The molecule has 2 saturated carbocycles. The van der Waals surface area contributed by atoms with Crippen molar-refractivity contribution in [3.63, 3.8) is 0 Å². The number of alkyl carbamates (subject to hydrolysis) is 1. The second-order valence-corrected chi connectivity index (χ2v) is 13.5. The third-order valence-corrected chi connectivity index (χ3v) is 8.39. The first kappa shape index (κ1) is 34.3. The second-order valence-electron chi connectivity index (χ2n) is 13.1. The molecule has 4 rings (SSSR count). The fourth-order valence-corrected chi connectivity index (χ4v) is 5.75. The summed E-state index contributed by atoms with van der Waals surface area (Å²) in [7, 11) is 1.94. The number of amides is 3. The molecule has 0 aliphatic heterocycles. The molecule has 3 amide bonds. The molecule has 248 valence electrons. The van der Waals surface area contributed by atoms with Gasteiger partial charge in [0.2, 0.25) is 11.9 Å². The minimum Gasteiger partial charge on any atom is -0.465 e. The van der Waals surface area contributed by atoms with Crippen LogP contribution in [0.3, 0.4) is 0 Å². The first-order valence-corrected chi connectivity index (χ1v) is 16.3. The monoisotopic (exact) mass is 646 g/mol. The zero-order valence-electron chi connectivity index (χ0n) is 26.8. The number of carboxylic acid groups (broad SMARTS) is 1. The summed E-state index contributed by atoms with van der Waals surface area (Å²) >= 11 is 6.52. The zero-order valence-corrected chi connectivity index (χ0v) is 27.5. The van der Waals surface area contributed by atoms with Gasteiger partial charge in [0.25, 0.3) is 0 Å². The van der Waals surface area contributed by atoms with Gasteiger partial charge in [0.15, 0.2) is 0 Å². The smallest absolute Gasteiger partial charge is 0.408 e. The number of carbonyl (C=O) groups is 3. The summed E-state index contributed by atoms with van der Waals surface area (Å²) in [6.45, 7) is 6.17. The molecule has 2 aromatic rings. The Morgan fingerprint density at radius 1 is 1.04 bits per heavy atom. The molecule has 0 bridgehead atoms. The molecule has 0 radical (unpaired) electrons. The number of hydrogen-bond donors (Lipinski definition) is 4. The van der Waals surface area contributed by atoms with Gasteiger partial charge in [0.05, 0.1) is 23.1 Å². The van der Waals surface area contributed by atoms with E-state index in [2.05, 4.69) is 26.0 Å². The van der Waals surface area contributed by atoms with Crippen molar-refractivity contribution in [3.8, 4) is 11.3 Å². The van der Waals surface area contributed by atoms with Gasteiger partial charge in [-0.05, 0) is 90.9 Å². The van der Waals surface area contributed by atoms with Crippen LogP contribution in [-0.2, 0) is 23.0 Å². The largest absolute Gasteiger partial charge is 0.465 e. The van der Waals surface area contributed by atoms with Crippen LogP contribution in [-0.4, -0.2) is 85.2 Å². The van der Waals surface area contributed by atoms with Crippen LogP contribution in [0.5, 0.6) is 0 Å². The van der Waals surface area contributed by atoms with Crippen molar-refractivity contribution in [1.29, 1.82) is 0 Å². The number of anilines is 1. The van der Waals surface area contributed by atoms with Crippen LogP contribution in [0.25, 0.3) is 11.3 Å². The van der Waals surface area contributed by atoms with Gasteiger partial charge in [-0.3, -0.25) is 14.4 Å². The van der Waals surface area contributed by atoms with E-state index in [9.17, 15) is 19.5 Å². The van der Waals surface area contributed by atoms with Crippen LogP contribution >= 0.6 is 11.6 Å². The lowest BCUT2D eigenvalue weighted by Gasteiger charge is -2.35. The van der Waals surface area contributed by atoms with Crippen LogP contribution in [0.4, 0.5) is 15.5 Å². The summed E-state index contributed by atoms with van der Waals surface area (Å²) in [6, 6.07) is -0.170. The summed E-state index contributed by atoms with van der Waals surface area (Å²) in [5.41, 5.74) is 2.17. The normalized spacial score (nSPS) is 18.2. The quantitative estimate of drug-likeness (QED) is 0.207. The summed E-state index contributed by atoms with van der Waals surface area (Å²) in [5, 5.41) is 23.7. The molecule has 2 aliphatic rings. The molecule has 14 heteroatoms. The van der Waals surface area contributed by atoms with Crippen molar-refractivity contribution >= 4 is 35.6 Å². The van der Waals surface area contributed by atoms with Gasteiger partial charge in [0, 0.05) is 43.5 Å². The van der Waals surface area contributed by atoms with Gasteiger partial charge in [-0.15, -0.1) is 0 Å². The van der Waals surface area contributed by atoms with Gasteiger partial charge in [-0.2, -0.15) is 5.10 Å². The molecule has 2 aromatic heterocycles. The number of unbranched alkanes of at least 4 members (excludes halogenated alkanes) is 2. The van der Waals surface area contributed by atoms with E-state index in [1.54, 1.807) is 6.20 Å². The van der Waals surface area contributed by atoms with Crippen molar-refractivity contribution in [3.05, 3.63) is 23.1 Å². The number of rotatable bonds is 14. The molecule has 2 heterocycles. The van der Waals surface area contributed by atoms with E-state index >= 15 is 0 Å². The molecule has 2 aliphatic carbocycles. The van der Waals surface area contributed by atoms with E-state index < -0.39 is 17.8 Å². The SMILES string of the molecule is Cn1ncc(-c2nc(N[C@H]3CC[C@H](N(CC(=O)NCCCCCNC(=O)OC(C)(C)C)C(=O)O)CC3)ncc2Cl)c1CC1CC1. The predicted octanol–water partition coefficient (Wildman–Crippen LogP) is 5.00. The molecule has 45 heavy (non-hydrogen) atoms. The molecular formula is C31H47ClN8O5. The third-order valence-electron chi connectivity index (χ3n) is 8.11. The minimum absolute atomic E-state index is 0.0735. The Kier molecular flexibility index (Phi) is 11.9. The first-order chi connectivity index (χ1) is 21.4. The molecule has 0 atom stereocenters. The van der Waals surface area contributed by atoms with Gasteiger partial charge >= 0.3 is 12.2 Å². The average Bonchev–Trinajstić information content (AvgIpc) is 3.73. The standard InChI is InChI=1S/C31H47ClN8O5/c1-31(2,3)45-29(42)34-15-7-5-6-14-33-26(41)19-40(30(43)44)22-12-10-21(11-13-22)37-28-35-18-24(32)27(38-28)23-17-36-39(4)25(23)16-20-8-9-20/h17-18,20-22H,5-16,19H2,1-4H3,(H,33,41)(H,34,42)(H,43,44)(H,35,37,38)/t21-,22-. The van der Waals surface area contributed by atoms with Crippen LogP contribution < -0.4 is 16.0 Å². The highest BCUT2D eigenvalue weighted by Crippen LogP contribution is 2.37. The van der Waals surface area contributed by atoms with Crippen LogP contribution in [0.1, 0.15) is 84.3 Å². The van der Waals surface area contributed by atoms with E-state index in [-0.39, 0.29) is 24.5 Å². The van der Waals surface area contributed by atoms with Crippen molar-refractivity contribution in [2.45, 2.75) is 103 Å². The molecule has 0 saturated heterocycles. The van der Waals surface area contributed by atoms with Gasteiger partial charge in [0.1, 0.15) is 12.1 Å². The Bertz CT molecular complexity index is 1320. The molecule has 13 nitrogen and oxygen atoms in total.